The minimum absolute atomic E-state index is 0.486. The van der Waals surface area contributed by atoms with Gasteiger partial charge in [-0.1, -0.05) is 26.0 Å². The first-order valence-corrected chi connectivity index (χ1v) is 6.19. The molecule has 0 aliphatic heterocycles. The van der Waals surface area contributed by atoms with Gasteiger partial charge in [-0.3, -0.25) is 0 Å². The Balaban J connectivity index is 2.79. The predicted molar refractivity (Wildman–Crippen MR) is 72.1 cm³/mol. The molecule has 0 bridgehead atoms. The second kappa shape index (κ2) is 6.54. The summed E-state index contributed by atoms with van der Waals surface area (Å²) in [6, 6.07) is 9.26. The molecule has 1 atom stereocenters. The molecule has 0 saturated carbocycles. The monoisotopic (exact) mass is 220 g/mol. The molecular weight excluding hydrogens is 196 g/mol. The smallest absolute Gasteiger partial charge is 0.0364 e. The molecule has 0 spiro atoms. The molecular formula is C14H24N2. The van der Waals surface area contributed by atoms with Crippen molar-refractivity contribution in [2.75, 3.05) is 25.5 Å². The van der Waals surface area contributed by atoms with Crippen molar-refractivity contribution < 1.29 is 0 Å². The van der Waals surface area contributed by atoms with Crippen LogP contribution in [0.1, 0.15) is 38.3 Å². The number of hydrogen-bond acceptors (Lipinski definition) is 2. The number of hydrogen-bond donors (Lipinski definition) is 1. The Labute approximate surface area is 99.7 Å². The molecule has 0 aliphatic carbocycles. The van der Waals surface area contributed by atoms with Crippen molar-refractivity contribution in [3.05, 3.63) is 29.8 Å². The number of rotatable bonds is 6. The second-order valence-corrected chi connectivity index (χ2v) is 4.40. The molecule has 1 aromatic rings. The molecule has 1 aromatic carbocycles. The average molecular weight is 220 g/mol. The van der Waals surface area contributed by atoms with E-state index in [1.54, 1.807) is 0 Å². The Kier molecular flexibility index (Phi) is 5.33. The van der Waals surface area contributed by atoms with Gasteiger partial charge in [0.05, 0.1) is 0 Å². The van der Waals surface area contributed by atoms with Gasteiger partial charge in [-0.2, -0.15) is 0 Å². The summed E-state index contributed by atoms with van der Waals surface area (Å²) in [6.45, 7) is 5.52. The third-order valence-electron chi connectivity index (χ3n) is 2.84. The van der Waals surface area contributed by atoms with Gasteiger partial charge in [-0.05, 0) is 37.1 Å². The van der Waals surface area contributed by atoms with Crippen LogP contribution in [-0.2, 0) is 0 Å². The van der Waals surface area contributed by atoms with Crippen molar-refractivity contribution in [1.82, 2.24) is 5.32 Å². The molecule has 0 radical (unpaired) electrons. The largest absolute Gasteiger partial charge is 0.378 e. The fourth-order valence-electron chi connectivity index (χ4n) is 1.84. The van der Waals surface area contributed by atoms with E-state index in [9.17, 15) is 0 Å². The molecule has 16 heavy (non-hydrogen) atoms. The van der Waals surface area contributed by atoms with E-state index in [0.29, 0.717) is 6.04 Å². The maximum atomic E-state index is 3.58. The highest BCUT2D eigenvalue weighted by Gasteiger charge is 2.08. The molecule has 0 fully saturated rings. The van der Waals surface area contributed by atoms with Crippen LogP contribution < -0.4 is 10.2 Å². The Morgan fingerprint density at radius 2 is 2.00 bits per heavy atom. The molecule has 2 nitrogen and oxygen atoms in total. The van der Waals surface area contributed by atoms with Crippen LogP contribution in [0.3, 0.4) is 0 Å². The SMILES string of the molecule is CCCNC(CC)c1cccc(N(C)C)c1. The molecule has 90 valence electrons. The van der Waals surface area contributed by atoms with Crippen LogP contribution in [0.2, 0.25) is 0 Å². The molecule has 1 N–H and O–H groups in total. The summed E-state index contributed by atoms with van der Waals surface area (Å²) in [5.41, 5.74) is 2.66. The van der Waals surface area contributed by atoms with Crippen molar-refractivity contribution in [1.29, 1.82) is 0 Å². The summed E-state index contributed by atoms with van der Waals surface area (Å²) in [6.07, 6.45) is 2.32. The third kappa shape index (κ3) is 3.53. The zero-order valence-corrected chi connectivity index (χ0v) is 11.0. The van der Waals surface area contributed by atoms with Crippen LogP contribution in [0.5, 0.6) is 0 Å². The fourth-order valence-corrected chi connectivity index (χ4v) is 1.84. The van der Waals surface area contributed by atoms with Gasteiger partial charge < -0.3 is 10.2 Å². The van der Waals surface area contributed by atoms with E-state index in [2.05, 4.69) is 62.4 Å². The van der Waals surface area contributed by atoms with Crippen molar-refractivity contribution in [2.45, 2.75) is 32.7 Å². The van der Waals surface area contributed by atoms with E-state index in [-0.39, 0.29) is 0 Å². The standard InChI is InChI=1S/C14H24N2/c1-5-10-15-14(6-2)12-8-7-9-13(11-12)16(3)4/h7-9,11,14-15H,5-6,10H2,1-4H3. The Morgan fingerprint density at radius 1 is 1.25 bits per heavy atom. The summed E-state index contributed by atoms with van der Waals surface area (Å²) in [7, 11) is 4.17. The van der Waals surface area contributed by atoms with Gasteiger partial charge in [-0.15, -0.1) is 0 Å². The van der Waals surface area contributed by atoms with E-state index in [1.165, 1.54) is 17.7 Å². The first kappa shape index (κ1) is 13.0. The van der Waals surface area contributed by atoms with Gasteiger partial charge in [0.15, 0.2) is 0 Å². The minimum atomic E-state index is 0.486. The minimum Gasteiger partial charge on any atom is -0.378 e. The molecule has 0 aromatic heterocycles. The van der Waals surface area contributed by atoms with Gasteiger partial charge >= 0.3 is 0 Å². The Bertz CT molecular complexity index is 307. The summed E-state index contributed by atoms with van der Waals surface area (Å²) in [5, 5.41) is 3.58. The lowest BCUT2D eigenvalue weighted by molar-refractivity contribution is 0.518. The molecule has 0 saturated heterocycles. The van der Waals surface area contributed by atoms with Gasteiger partial charge in [0.25, 0.3) is 0 Å². The van der Waals surface area contributed by atoms with Crippen molar-refractivity contribution in [3.63, 3.8) is 0 Å². The van der Waals surface area contributed by atoms with E-state index in [4.69, 9.17) is 0 Å². The quantitative estimate of drug-likeness (QED) is 0.792. The highest BCUT2D eigenvalue weighted by Crippen LogP contribution is 2.21. The van der Waals surface area contributed by atoms with Gasteiger partial charge in [-0.25, -0.2) is 0 Å². The van der Waals surface area contributed by atoms with E-state index < -0.39 is 0 Å². The molecule has 0 heterocycles. The zero-order chi connectivity index (χ0) is 12.0. The first-order chi connectivity index (χ1) is 7.69. The average Bonchev–Trinajstić information content (AvgIpc) is 2.30. The highest BCUT2D eigenvalue weighted by atomic mass is 15.1. The Hall–Kier alpha value is -1.02. The van der Waals surface area contributed by atoms with Crippen molar-refractivity contribution in [3.8, 4) is 0 Å². The summed E-state index contributed by atoms with van der Waals surface area (Å²) < 4.78 is 0. The first-order valence-electron chi connectivity index (χ1n) is 6.19. The number of nitrogens with one attached hydrogen (secondary N) is 1. The van der Waals surface area contributed by atoms with Crippen LogP contribution in [0.15, 0.2) is 24.3 Å². The van der Waals surface area contributed by atoms with Crippen molar-refractivity contribution in [2.24, 2.45) is 0 Å². The lowest BCUT2D eigenvalue weighted by Gasteiger charge is -2.20. The third-order valence-corrected chi connectivity index (χ3v) is 2.84. The summed E-state index contributed by atoms with van der Waals surface area (Å²) in [5.74, 6) is 0. The molecule has 0 aliphatic rings. The molecule has 2 heteroatoms. The summed E-state index contributed by atoms with van der Waals surface area (Å²) in [4.78, 5) is 2.15. The molecule has 1 unspecified atom stereocenters. The van der Waals surface area contributed by atoms with E-state index >= 15 is 0 Å². The lowest BCUT2D eigenvalue weighted by Crippen LogP contribution is -2.21. The van der Waals surface area contributed by atoms with Crippen molar-refractivity contribution >= 4 is 5.69 Å². The fraction of sp³-hybridized carbons (Fsp3) is 0.571. The van der Waals surface area contributed by atoms with Crippen LogP contribution in [0, 0.1) is 0 Å². The molecule has 0 amide bonds. The summed E-state index contributed by atoms with van der Waals surface area (Å²) >= 11 is 0. The maximum Gasteiger partial charge on any atom is 0.0364 e. The predicted octanol–water partition coefficient (Wildman–Crippen LogP) is 3.20. The zero-order valence-electron chi connectivity index (χ0n) is 11.0. The number of anilines is 1. The van der Waals surface area contributed by atoms with E-state index in [1.807, 2.05) is 0 Å². The molecule has 1 rings (SSSR count). The van der Waals surface area contributed by atoms with Gasteiger partial charge in [0.2, 0.25) is 0 Å². The topological polar surface area (TPSA) is 15.3 Å². The van der Waals surface area contributed by atoms with Crippen LogP contribution in [0.25, 0.3) is 0 Å². The van der Waals surface area contributed by atoms with Gasteiger partial charge in [0, 0.05) is 25.8 Å². The Morgan fingerprint density at radius 3 is 2.56 bits per heavy atom. The van der Waals surface area contributed by atoms with Gasteiger partial charge in [0.1, 0.15) is 0 Å². The van der Waals surface area contributed by atoms with E-state index in [0.717, 1.165) is 13.0 Å². The normalized spacial score (nSPS) is 12.5. The van der Waals surface area contributed by atoms with Crippen LogP contribution >= 0.6 is 0 Å². The highest BCUT2D eigenvalue weighted by molar-refractivity contribution is 5.47. The lowest BCUT2D eigenvalue weighted by atomic mass is 10.0. The number of benzene rings is 1. The van der Waals surface area contributed by atoms with Crippen LogP contribution in [-0.4, -0.2) is 20.6 Å². The second-order valence-electron chi connectivity index (χ2n) is 4.40. The number of nitrogens with zero attached hydrogens (tertiary/aromatic N) is 1. The van der Waals surface area contributed by atoms with Crippen LogP contribution in [0.4, 0.5) is 5.69 Å². The maximum absolute atomic E-state index is 3.58.